The molecule has 10 nitrogen and oxygen atoms in total. The molecule has 0 saturated carbocycles. The lowest BCUT2D eigenvalue weighted by molar-refractivity contribution is 0.131. The first-order valence-electron chi connectivity index (χ1n) is 11.8. The Morgan fingerprint density at radius 2 is 1.60 bits per heavy atom. The summed E-state index contributed by atoms with van der Waals surface area (Å²) in [7, 11) is -1.78. The van der Waals surface area contributed by atoms with Crippen molar-refractivity contribution in [2.45, 2.75) is 23.3 Å². The molecule has 0 spiro atoms. The normalized spacial score (nSPS) is 11.4. The van der Waals surface area contributed by atoms with Crippen LogP contribution in [0.4, 0.5) is 0 Å². The smallest absolute Gasteiger partial charge is 0.273 e. The number of aromatic hydroxyl groups is 1. The number of pyridine rings is 2. The second-order valence-electron chi connectivity index (χ2n) is 8.34. The van der Waals surface area contributed by atoms with Crippen LogP contribution in [0.5, 0.6) is 17.2 Å². The summed E-state index contributed by atoms with van der Waals surface area (Å²) in [5.41, 5.74) is -1.02. The zero-order valence-electron chi connectivity index (χ0n) is 21.5. The van der Waals surface area contributed by atoms with Gasteiger partial charge in [0.1, 0.15) is 22.3 Å². The highest BCUT2D eigenvalue weighted by Gasteiger charge is 2.32. The molecule has 2 N–H and O–H groups in total. The fraction of sp³-hybridized carbons (Fsp3) is 0.185. The Bertz CT molecular complexity index is 1780. The van der Waals surface area contributed by atoms with Gasteiger partial charge >= 0.3 is 0 Å². The van der Waals surface area contributed by atoms with Gasteiger partial charge in [-0.05, 0) is 49.4 Å². The van der Waals surface area contributed by atoms with E-state index in [2.05, 4.69) is 4.98 Å². The molecule has 4 rings (SSSR count). The summed E-state index contributed by atoms with van der Waals surface area (Å²) in [5.74, 6) is -0.279. The number of aromatic nitrogens is 2. The molecular weight excluding hydrogens is 583 g/mol. The van der Waals surface area contributed by atoms with Gasteiger partial charge in [0.15, 0.2) is 4.90 Å². The highest BCUT2D eigenvalue weighted by Crippen LogP contribution is 2.46. The third kappa shape index (κ3) is 5.33. The Morgan fingerprint density at radius 1 is 0.975 bits per heavy atom. The lowest BCUT2D eigenvalue weighted by Gasteiger charge is -2.19. The first-order valence-corrected chi connectivity index (χ1v) is 14.0. The molecule has 0 aliphatic heterocycles. The molecule has 4 aromatic rings. The van der Waals surface area contributed by atoms with Crippen molar-refractivity contribution in [3.8, 4) is 34.1 Å². The summed E-state index contributed by atoms with van der Waals surface area (Å²) >= 11 is 11.9. The third-order valence-corrected chi connectivity index (χ3v) is 8.27. The molecule has 0 saturated heterocycles. The fourth-order valence-corrected chi connectivity index (χ4v) is 6.01. The summed E-state index contributed by atoms with van der Waals surface area (Å²) in [5, 5.41) is 11.5. The van der Waals surface area contributed by atoms with Gasteiger partial charge in [-0.25, -0.2) is 8.42 Å². The molecule has 0 aliphatic carbocycles. The number of H-pyrrole nitrogens is 1. The van der Waals surface area contributed by atoms with Gasteiger partial charge in [0.25, 0.3) is 11.1 Å². The standard InChI is InChI=1S/C27H24Cl2N2O8S/c1-4-39-14-19-22(23-20(37-2)6-5-7-21(23)38-3)24(32)25(26(33)30-19)40(35,36)17-10-8-16(9-11-17)31-13-15(28)12-18(29)27(31)34/h5-13H,4,14H2,1-3H3,(H2,30,32,33). The largest absolute Gasteiger partial charge is 0.506 e. The Hall–Kier alpha value is -3.77. The van der Waals surface area contributed by atoms with Crippen molar-refractivity contribution in [1.29, 1.82) is 0 Å². The van der Waals surface area contributed by atoms with Gasteiger partial charge in [0, 0.05) is 18.5 Å². The van der Waals surface area contributed by atoms with E-state index in [1.54, 1.807) is 25.1 Å². The summed E-state index contributed by atoms with van der Waals surface area (Å²) in [6.45, 7) is 1.90. The van der Waals surface area contributed by atoms with E-state index in [0.29, 0.717) is 6.61 Å². The van der Waals surface area contributed by atoms with Crippen LogP contribution in [0.15, 0.2) is 74.1 Å². The molecule has 0 unspecified atom stereocenters. The molecule has 2 aromatic carbocycles. The van der Waals surface area contributed by atoms with Crippen molar-refractivity contribution >= 4 is 33.0 Å². The number of hydrogen-bond acceptors (Lipinski definition) is 8. The van der Waals surface area contributed by atoms with Crippen molar-refractivity contribution in [2.24, 2.45) is 0 Å². The maximum Gasteiger partial charge on any atom is 0.273 e. The number of methoxy groups -OCH3 is 2. The van der Waals surface area contributed by atoms with Crippen molar-refractivity contribution < 1.29 is 27.7 Å². The first kappa shape index (κ1) is 29.2. The summed E-state index contributed by atoms with van der Waals surface area (Å²) in [4.78, 5) is 27.0. The number of nitrogens with zero attached hydrogens (tertiary/aromatic N) is 1. The van der Waals surface area contributed by atoms with Crippen molar-refractivity contribution in [2.75, 3.05) is 20.8 Å². The number of halogens is 2. The maximum absolute atomic E-state index is 13.7. The molecule has 0 fully saturated rings. The zero-order chi connectivity index (χ0) is 29.2. The molecule has 0 bridgehead atoms. The van der Waals surface area contributed by atoms with Crippen LogP contribution in [0.25, 0.3) is 16.8 Å². The fourth-order valence-electron chi connectivity index (χ4n) is 4.16. The van der Waals surface area contributed by atoms with Crippen LogP contribution in [0.3, 0.4) is 0 Å². The molecule has 0 aliphatic rings. The van der Waals surface area contributed by atoms with E-state index in [-0.39, 0.29) is 55.6 Å². The van der Waals surface area contributed by atoms with Crippen molar-refractivity contribution in [3.63, 3.8) is 0 Å². The van der Waals surface area contributed by atoms with Crippen LogP contribution in [0.2, 0.25) is 10.0 Å². The van der Waals surface area contributed by atoms with Gasteiger partial charge in [-0.3, -0.25) is 14.2 Å². The lowest BCUT2D eigenvalue weighted by Crippen LogP contribution is -2.21. The van der Waals surface area contributed by atoms with Gasteiger partial charge in [0.05, 0.1) is 47.6 Å². The number of aromatic amines is 1. The quantitative estimate of drug-likeness (QED) is 0.282. The summed E-state index contributed by atoms with van der Waals surface area (Å²) in [6, 6.07) is 11.2. The Kier molecular flexibility index (Phi) is 8.59. The van der Waals surface area contributed by atoms with Gasteiger partial charge in [0.2, 0.25) is 9.84 Å². The number of hydrogen-bond donors (Lipinski definition) is 2. The second-order valence-corrected chi connectivity index (χ2v) is 11.1. The predicted octanol–water partition coefficient (Wildman–Crippen LogP) is 4.59. The highest BCUT2D eigenvalue weighted by atomic mass is 35.5. The molecular formula is C27H24Cl2N2O8S. The minimum Gasteiger partial charge on any atom is -0.506 e. The molecule has 210 valence electrons. The number of nitrogens with one attached hydrogen (secondary N) is 1. The van der Waals surface area contributed by atoms with E-state index in [4.69, 9.17) is 37.4 Å². The Labute approximate surface area is 239 Å². The van der Waals surface area contributed by atoms with E-state index in [1.165, 1.54) is 50.7 Å². The Balaban J connectivity index is 1.93. The van der Waals surface area contributed by atoms with Gasteiger partial charge in [-0.1, -0.05) is 29.3 Å². The molecule has 2 aromatic heterocycles. The van der Waals surface area contributed by atoms with E-state index in [0.717, 1.165) is 4.57 Å². The minimum atomic E-state index is -4.59. The zero-order valence-corrected chi connectivity index (χ0v) is 23.9. The van der Waals surface area contributed by atoms with Crippen LogP contribution in [-0.2, 0) is 21.2 Å². The van der Waals surface area contributed by atoms with Gasteiger partial charge < -0.3 is 24.3 Å². The van der Waals surface area contributed by atoms with Crippen LogP contribution in [-0.4, -0.2) is 43.9 Å². The average Bonchev–Trinajstić information content (AvgIpc) is 2.93. The molecule has 13 heteroatoms. The average molecular weight is 607 g/mol. The number of benzene rings is 2. The monoisotopic (exact) mass is 606 g/mol. The molecule has 0 atom stereocenters. The van der Waals surface area contributed by atoms with E-state index in [9.17, 15) is 23.1 Å². The Morgan fingerprint density at radius 3 is 2.17 bits per heavy atom. The predicted molar refractivity (Wildman–Crippen MR) is 150 cm³/mol. The molecule has 0 amide bonds. The highest BCUT2D eigenvalue weighted by molar-refractivity contribution is 7.91. The lowest BCUT2D eigenvalue weighted by atomic mass is 10.0. The van der Waals surface area contributed by atoms with E-state index in [1.807, 2.05) is 0 Å². The van der Waals surface area contributed by atoms with Crippen LogP contribution in [0, 0.1) is 0 Å². The topological polar surface area (TPSA) is 137 Å². The van der Waals surface area contributed by atoms with Gasteiger partial charge in [-0.2, -0.15) is 0 Å². The summed E-state index contributed by atoms with van der Waals surface area (Å²) in [6.07, 6.45) is 1.33. The molecule has 40 heavy (non-hydrogen) atoms. The van der Waals surface area contributed by atoms with Crippen LogP contribution >= 0.6 is 23.2 Å². The SMILES string of the molecule is CCOCc1[nH]c(=O)c(S(=O)(=O)c2ccc(-n3cc(Cl)cc(Cl)c3=O)cc2)c(O)c1-c1c(OC)cccc1OC. The maximum atomic E-state index is 13.7. The minimum absolute atomic E-state index is 0.0299. The first-order chi connectivity index (χ1) is 19.0. The van der Waals surface area contributed by atoms with Gasteiger partial charge in [-0.15, -0.1) is 0 Å². The van der Waals surface area contributed by atoms with E-state index >= 15 is 0 Å². The van der Waals surface area contributed by atoms with Crippen molar-refractivity contribution in [3.05, 3.63) is 91.2 Å². The third-order valence-electron chi connectivity index (χ3n) is 5.99. The van der Waals surface area contributed by atoms with Crippen molar-refractivity contribution in [1.82, 2.24) is 9.55 Å². The van der Waals surface area contributed by atoms with Crippen LogP contribution in [0.1, 0.15) is 12.6 Å². The van der Waals surface area contributed by atoms with E-state index < -0.39 is 31.6 Å². The second kappa shape index (κ2) is 11.8. The molecule has 0 radical (unpaired) electrons. The van der Waals surface area contributed by atoms with Crippen LogP contribution < -0.4 is 20.6 Å². The number of ether oxygens (including phenoxy) is 3. The number of rotatable bonds is 9. The number of sulfone groups is 1. The molecule has 2 heterocycles. The summed E-state index contributed by atoms with van der Waals surface area (Å²) < 4.78 is 45.0.